The molecular formula is C16H21N5O3. The fourth-order valence-electron chi connectivity index (χ4n) is 2.12. The maximum absolute atomic E-state index is 11.9. The first kappa shape index (κ1) is 17.5. The highest BCUT2D eigenvalue weighted by Crippen LogP contribution is 2.13. The number of hydrogen-bond acceptors (Lipinski definition) is 4. The van der Waals surface area contributed by atoms with Gasteiger partial charge in [-0.1, -0.05) is 12.1 Å². The minimum atomic E-state index is -0.977. The minimum Gasteiger partial charge on any atom is -0.478 e. The Labute approximate surface area is 139 Å². The van der Waals surface area contributed by atoms with E-state index < -0.39 is 5.97 Å². The van der Waals surface area contributed by atoms with Crippen LogP contribution in [0.25, 0.3) is 0 Å². The number of aromatic carboxylic acids is 1. The monoisotopic (exact) mass is 331 g/mol. The van der Waals surface area contributed by atoms with E-state index in [1.165, 1.54) is 18.5 Å². The van der Waals surface area contributed by atoms with E-state index in [0.717, 1.165) is 5.56 Å². The van der Waals surface area contributed by atoms with Crippen molar-refractivity contribution in [1.29, 1.82) is 0 Å². The average Bonchev–Trinajstić information content (AvgIpc) is 3.00. The third kappa shape index (κ3) is 4.55. The molecule has 0 radical (unpaired) electrons. The van der Waals surface area contributed by atoms with E-state index in [4.69, 9.17) is 5.11 Å². The molecule has 128 valence electrons. The third-order valence-corrected chi connectivity index (χ3v) is 3.31. The van der Waals surface area contributed by atoms with Crippen LogP contribution in [0, 0.1) is 0 Å². The van der Waals surface area contributed by atoms with Crippen molar-refractivity contribution in [2.75, 3.05) is 0 Å². The number of hydrogen-bond donors (Lipinski definition) is 3. The normalized spacial score (nSPS) is 11.1. The van der Waals surface area contributed by atoms with Crippen LogP contribution in [-0.2, 0) is 18.6 Å². The van der Waals surface area contributed by atoms with E-state index >= 15 is 0 Å². The molecule has 2 amide bonds. The molecule has 2 aromatic rings. The maximum atomic E-state index is 11.9. The number of carbonyl (C=O) groups is 2. The van der Waals surface area contributed by atoms with Crippen molar-refractivity contribution < 1.29 is 14.7 Å². The van der Waals surface area contributed by atoms with Crippen LogP contribution in [0.4, 0.5) is 4.79 Å². The second-order valence-electron chi connectivity index (χ2n) is 6.30. The number of urea groups is 1. The molecule has 0 unspecified atom stereocenters. The lowest BCUT2D eigenvalue weighted by atomic mass is 10.1. The summed E-state index contributed by atoms with van der Waals surface area (Å²) >= 11 is 0. The highest BCUT2D eigenvalue weighted by molar-refractivity contribution is 5.87. The zero-order chi connectivity index (χ0) is 17.7. The van der Waals surface area contributed by atoms with E-state index in [2.05, 4.69) is 20.7 Å². The van der Waals surface area contributed by atoms with Crippen molar-refractivity contribution in [3.63, 3.8) is 0 Å². The van der Waals surface area contributed by atoms with E-state index in [9.17, 15) is 9.59 Å². The minimum absolute atomic E-state index is 0.212. The molecule has 8 heteroatoms. The van der Waals surface area contributed by atoms with Gasteiger partial charge in [-0.3, -0.25) is 0 Å². The van der Waals surface area contributed by atoms with Crippen LogP contribution in [0.2, 0.25) is 0 Å². The Hall–Kier alpha value is -2.90. The number of amides is 2. The third-order valence-electron chi connectivity index (χ3n) is 3.31. The van der Waals surface area contributed by atoms with Gasteiger partial charge in [0.1, 0.15) is 12.2 Å². The summed E-state index contributed by atoms with van der Waals surface area (Å²) in [5.74, 6) is -0.307. The smallest absolute Gasteiger partial charge is 0.335 e. The highest BCUT2D eigenvalue weighted by atomic mass is 16.4. The van der Waals surface area contributed by atoms with Crippen LogP contribution in [0.15, 0.2) is 30.6 Å². The molecule has 0 aliphatic carbocycles. The van der Waals surface area contributed by atoms with E-state index in [-0.39, 0.29) is 23.7 Å². The molecule has 0 spiro atoms. The Bertz CT molecular complexity index is 716. The highest BCUT2D eigenvalue weighted by Gasteiger charge is 2.18. The van der Waals surface area contributed by atoms with Gasteiger partial charge in [-0.2, -0.15) is 5.10 Å². The summed E-state index contributed by atoms with van der Waals surface area (Å²) in [7, 11) is 0. The van der Waals surface area contributed by atoms with Gasteiger partial charge in [-0.25, -0.2) is 19.3 Å². The van der Waals surface area contributed by atoms with Crippen molar-refractivity contribution in [1.82, 2.24) is 25.4 Å². The lowest BCUT2D eigenvalue weighted by Crippen LogP contribution is -2.36. The molecule has 1 aromatic heterocycles. The second-order valence-corrected chi connectivity index (χ2v) is 6.30. The number of carbonyl (C=O) groups excluding carboxylic acids is 1. The zero-order valence-electron chi connectivity index (χ0n) is 13.9. The summed E-state index contributed by atoms with van der Waals surface area (Å²) in [5, 5.41) is 18.5. The van der Waals surface area contributed by atoms with Gasteiger partial charge < -0.3 is 15.7 Å². The Morgan fingerprint density at radius 2 is 1.75 bits per heavy atom. The number of aromatic nitrogens is 3. The number of nitrogens with zero attached hydrogens (tertiary/aromatic N) is 3. The van der Waals surface area contributed by atoms with Gasteiger partial charge in [-0.15, -0.1) is 0 Å². The lowest BCUT2D eigenvalue weighted by molar-refractivity contribution is 0.0697. The number of carboxylic acid groups (broad SMARTS) is 1. The molecule has 24 heavy (non-hydrogen) atoms. The summed E-state index contributed by atoms with van der Waals surface area (Å²) in [5.41, 5.74) is 0.813. The van der Waals surface area contributed by atoms with Crippen LogP contribution in [0.5, 0.6) is 0 Å². The Morgan fingerprint density at radius 3 is 2.33 bits per heavy atom. The fourth-order valence-corrected chi connectivity index (χ4v) is 2.12. The van der Waals surface area contributed by atoms with Crippen molar-refractivity contribution in [2.24, 2.45) is 0 Å². The van der Waals surface area contributed by atoms with Gasteiger partial charge in [0.15, 0.2) is 0 Å². The van der Waals surface area contributed by atoms with Crippen molar-refractivity contribution in [2.45, 2.75) is 39.4 Å². The number of nitrogens with one attached hydrogen (secondary N) is 2. The molecule has 0 saturated heterocycles. The average molecular weight is 331 g/mol. The number of carboxylic acids is 1. The Morgan fingerprint density at radius 1 is 1.12 bits per heavy atom. The van der Waals surface area contributed by atoms with Crippen molar-refractivity contribution in [3.05, 3.63) is 47.5 Å². The molecule has 0 fully saturated rings. The van der Waals surface area contributed by atoms with Crippen LogP contribution >= 0.6 is 0 Å². The first-order chi connectivity index (χ1) is 11.3. The Kier molecular flexibility index (Phi) is 5.18. The number of benzene rings is 1. The number of rotatable bonds is 5. The fraction of sp³-hybridized carbons (Fsp3) is 0.375. The van der Waals surface area contributed by atoms with E-state index in [1.54, 1.807) is 16.8 Å². The lowest BCUT2D eigenvalue weighted by Gasteiger charge is -2.21. The van der Waals surface area contributed by atoms with Gasteiger partial charge in [0.25, 0.3) is 0 Å². The quantitative estimate of drug-likeness (QED) is 0.773. The van der Waals surface area contributed by atoms with Crippen LogP contribution < -0.4 is 10.6 Å². The van der Waals surface area contributed by atoms with Crippen LogP contribution in [0.3, 0.4) is 0 Å². The maximum Gasteiger partial charge on any atom is 0.335 e. The summed E-state index contributed by atoms with van der Waals surface area (Å²) in [4.78, 5) is 26.8. The van der Waals surface area contributed by atoms with Gasteiger partial charge in [0.2, 0.25) is 0 Å². The molecule has 0 aliphatic heterocycles. The SMILES string of the molecule is CC(C)(C)n1ncnc1CNC(=O)NCc1ccc(C(=O)O)cc1. The summed E-state index contributed by atoms with van der Waals surface area (Å²) in [6.45, 7) is 6.59. The molecule has 8 nitrogen and oxygen atoms in total. The second kappa shape index (κ2) is 7.12. The summed E-state index contributed by atoms with van der Waals surface area (Å²) in [6.07, 6.45) is 1.46. The molecule has 1 aromatic carbocycles. The zero-order valence-corrected chi connectivity index (χ0v) is 13.9. The van der Waals surface area contributed by atoms with E-state index in [0.29, 0.717) is 12.4 Å². The summed E-state index contributed by atoms with van der Waals surface area (Å²) < 4.78 is 1.76. The topological polar surface area (TPSA) is 109 Å². The van der Waals surface area contributed by atoms with Gasteiger partial charge in [0.05, 0.1) is 17.6 Å². The molecule has 0 bridgehead atoms. The van der Waals surface area contributed by atoms with Crippen molar-refractivity contribution >= 4 is 12.0 Å². The predicted molar refractivity (Wildman–Crippen MR) is 87.5 cm³/mol. The Balaban J connectivity index is 1.84. The molecule has 0 aliphatic rings. The predicted octanol–water partition coefficient (Wildman–Crippen LogP) is 1.73. The molecular weight excluding hydrogens is 310 g/mol. The van der Waals surface area contributed by atoms with E-state index in [1.807, 2.05) is 20.8 Å². The van der Waals surface area contributed by atoms with Crippen molar-refractivity contribution in [3.8, 4) is 0 Å². The first-order valence-corrected chi connectivity index (χ1v) is 7.50. The first-order valence-electron chi connectivity index (χ1n) is 7.50. The molecule has 2 rings (SSSR count). The van der Waals surface area contributed by atoms with Crippen LogP contribution in [-0.4, -0.2) is 31.9 Å². The van der Waals surface area contributed by atoms with Gasteiger partial charge >= 0.3 is 12.0 Å². The molecule has 3 N–H and O–H groups in total. The molecule has 1 heterocycles. The van der Waals surface area contributed by atoms with Gasteiger partial charge in [-0.05, 0) is 38.5 Å². The standard InChI is InChI=1S/C16H21N5O3/c1-16(2,3)21-13(19-10-20-21)9-18-15(24)17-8-11-4-6-12(7-5-11)14(22)23/h4-7,10H,8-9H2,1-3H3,(H,22,23)(H2,17,18,24). The molecule has 0 saturated carbocycles. The van der Waals surface area contributed by atoms with Gasteiger partial charge in [0, 0.05) is 6.54 Å². The summed E-state index contributed by atoms with van der Waals surface area (Å²) in [6, 6.07) is 6.01. The largest absolute Gasteiger partial charge is 0.478 e. The van der Waals surface area contributed by atoms with Crippen LogP contribution in [0.1, 0.15) is 42.5 Å². The molecule has 0 atom stereocenters.